The Morgan fingerprint density at radius 3 is 2.93 bits per heavy atom. The van der Waals surface area contributed by atoms with E-state index in [0.29, 0.717) is 0 Å². The summed E-state index contributed by atoms with van der Waals surface area (Å²) in [4.78, 5) is 6.20. The molecule has 1 N–H and O–H groups in total. The van der Waals surface area contributed by atoms with Crippen LogP contribution in [0.3, 0.4) is 0 Å². The highest BCUT2D eigenvalue weighted by Crippen LogP contribution is 2.40. The SMILES string of the molecule is CCNc1nc2c(s1)CCCC2(C)C. The third kappa shape index (κ3) is 1.65. The van der Waals surface area contributed by atoms with E-state index in [1.54, 1.807) is 0 Å². The minimum absolute atomic E-state index is 0.289. The number of thiazole rings is 1. The summed E-state index contributed by atoms with van der Waals surface area (Å²) >= 11 is 1.84. The lowest BCUT2D eigenvalue weighted by Crippen LogP contribution is -2.23. The van der Waals surface area contributed by atoms with Crippen molar-refractivity contribution in [3.63, 3.8) is 0 Å². The average Bonchev–Trinajstić information content (AvgIpc) is 2.49. The van der Waals surface area contributed by atoms with Gasteiger partial charge in [-0.05, 0) is 26.2 Å². The van der Waals surface area contributed by atoms with Gasteiger partial charge in [0, 0.05) is 16.8 Å². The number of fused-ring (bicyclic) bond motifs is 1. The second kappa shape index (κ2) is 3.54. The van der Waals surface area contributed by atoms with Crippen LogP contribution in [-0.4, -0.2) is 11.5 Å². The first kappa shape index (κ1) is 9.97. The van der Waals surface area contributed by atoms with E-state index in [1.165, 1.54) is 29.8 Å². The molecule has 14 heavy (non-hydrogen) atoms. The molecule has 0 amide bonds. The lowest BCUT2D eigenvalue weighted by Gasteiger charge is -2.27. The van der Waals surface area contributed by atoms with Gasteiger partial charge in [-0.25, -0.2) is 4.98 Å². The molecular formula is C11H18N2S. The molecule has 0 radical (unpaired) electrons. The Kier molecular flexibility index (Phi) is 2.52. The molecule has 0 atom stereocenters. The molecule has 1 aromatic heterocycles. The van der Waals surface area contributed by atoms with Crippen LogP contribution in [0.15, 0.2) is 0 Å². The van der Waals surface area contributed by atoms with Crippen molar-refractivity contribution in [3.8, 4) is 0 Å². The highest BCUT2D eigenvalue weighted by Gasteiger charge is 2.30. The van der Waals surface area contributed by atoms with Crippen LogP contribution in [0, 0.1) is 0 Å². The molecule has 2 nitrogen and oxygen atoms in total. The maximum Gasteiger partial charge on any atom is 0.183 e. The van der Waals surface area contributed by atoms with Crippen molar-refractivity contribution in [1.82, 2.24) is 4.98 Å². The molecule has 0 saturated heterocycles. The van der Waals surface area contributed by atoms with E-state index in [1.807, 2.05) is 11.3 Å². The van der Waals surface area contributed by atoms with Gasteiger partial charge in [-0.15, -0.1) is 11.3 Å². The second-order valence-corrected chi connectivity index (χ2v) is 5.64. The van der Waals surface area contributed by atoms with E-state index >= 15 is 0 Å². The van der Waals surface area contributed by atoms with E-state index < -0.39 is 0 Å². The number of anilines is 1. The van der Waals surface area contributed by atoms with Gasteiger partial charge >= 0.3 is 0 Å². The van der Waals surface area contributed by atoms with Crippen molar-refractivity contribution in [2.45, 2.75) is 45.4 Å². The van der Waals surface area contributed by atoms with Crippen LogP contribution in [0.2, 0.25) is 0 Å². The molecule has 0 saturated carbocycles. The molecule has 3 heteroatoms. The number of rotatable bonds is 2. The lowest BCUT2D eigenvalue weighted by atomic mass is 9.79. The average molecular weight is 210 g/mol. The molecule has 1 aliphatic rings. The van der Waals surface area contributed by atoms with Gasteiger partial charge in [0.15, 0.2) is 5.13 Å². The molecule has 0 spiro atoms. The standard InChI is InChI=1S/C11H18N2S/c1-4-12-10-13-9-8(14-10)6-5-7-11(9,2)3/h4-7H2,1-3H3,(H,12,13). The second-order valence-electron chi connectivity index (χ2n) is 4.56. The zero-order chi connectivity index (χ0) is 10.2. The predicted octanol–water partition coefficient (Wildman–Crippen LogP) is 3.19. The zero-order valence-electron chi connectivity index (χ0n) is 9.18. The van der Waals surface area contributed by atoms with Crippen LogP contribution in [0.25, 0.3) is 0 Å². The van der Waals surface area contributed by atoms with Gasteiger partial charge in [0.05, 0.1) is 5.69 Å². The predicted molar refractivity (Wildman–Crippen MR) is 62.2 cm³/mol. The highest BCUT2D eigenvalue weighted by atomic mass is 32.1. The normalized spacial score (nSPS) is 19.1. The van der Waals surface area contributed by atoms with Crippen LogP contribution in [-0.2, 0) is 11.8 Å². The third-order valence-electron chi connectivity index (χ3n) is 2.87. The molecule has 0 unspecified atom stereocenters. The number of aryl methyl sites for hydroxylation is 1. The summed E-state index contributed by atoms with van der Waals surface area (Å²) in [5.41, 5.74) is 1.63. The molecule has 78 valence electrons. The molecule has 2 rings (SSSR count). The maximum absolute atomic E-state index is 4.70. The van der Waals surface area contributed by atoms with Crippen molar-refractivity contribution in [2.24, 2.45) is 0 Å². The van der Waals surface area contributed by atoms with Crippen LogP contribution in [0.4, 0.5) is 5.13 Å². The van der Waals surface area contributed by atoms with Gasteiger partial charge in [0.25, 0.3) is 0 Å². The summed E-state index contributed by atoms with van der Waals surface area (Å²) in [6.07, 6.45) is 3.81. The summed E-state index contributed by atoms with van der Waals surface area (Å²) < 4.78 is 0. The number of aromatic nitrogens is 1. The Morgan fingerprint density at radius 2 is 2.29 bits per heavy atom. The third-order valence-corrected chi connectivity index (χ3v) is 3.94. The molecule has 0 bridgehead atoms. The zero-order valence-corrected chi connectivity index (χ0v) is 10.0. The van der Waals surface area contributed by atoms with Crippen molar-refractivity contribution in [1.29, 1.82) is 0 Å². The van der Waals surface area contributed by atoms with E-state index in [4.69, 9.17) is 4.98 Å². The quantitative estimate of drug-likeness (QED) is 0.811. The van der Waals surface area contributed by atoms with E-state index in [9.17, 15) is 0 Å². The number of nitrogens with zero attached hydrogens (tertiary/aromatic N) is 1. The summed E-state index contributed by atoms with van der Waals surface area (Å²) in [5, 5.41) is 4.41. The summed E-state index contributed by atoms with van der Waals surface area (Å²) in [7, 11) is 0. The minimum Gasteiger partial charge on any atom is -0.362 e. The summed E-state index contributed by atoms with van der Waals surface area (Å²) in [6.45, 7) is 7.69. The first-order valence-corrected chi connectivity index (χ1v) is 6.19. The fourth-order valence-corrected chi connectivity index (χ4v) is 3.34. The van der Waals surface area contributed by atoms with Gasteiger partial charge in [0.1, 0.15) is 0 Å². The van der Waals surface area contributed by atoms with Crippen molar-refractivity contribution in [2.75, 3.05) is 11.9 Å². The first-order valence-electron chi connectivity index (χ1n) is 5.37. The van der Waals surface area contributed by atoms with E-state index in [0.717, 1.165) is 11.7 Å². The van der Waals surface area contributed by atoms with Gasteiger partial charge < -0.3 is 5.32 Å². The van der Waals surface area contributed by atoms with Crippen LogP contribution in [0.5, 0.6) is 0 Å². The largest absolute Gasteiger partial charge is 0.362 e. The topological polar surface area (TPSA) is 24.9 Å². The summed E-state index contributed by atoms with van der Waals surface area (Å²) in [5.74, 6) is 0. The fraction of sp³-hybridized carbons (Fsp3) is 0.727. The minimum atomic E-state index is 0.289. The number of hydrogen-bond donors (Lipinski definition) is 1. The molecule has 0 aromatic carbocycles. The van der Waals surface area contributed by atoms with E-state index in [-0.39, 0.29) is 5.41 Å². The van der Waals surface area contributed by atoms with Crippen LogP contribution >= 0.6 is 11.3 Å². The molecule has 1 heterocycles. The Balaban J connectivity index is 2.34. The van der Waals surface area contributed by atoms with Gasteiger partial charge in [0.2, 0.25) is 0 Å². The molecule has 0 fully saturated rings. The van der Waals surface area contributed by atoms with Crippen molar-refractivity contribution < 1.29 is 0 Å². The van der Waals surface area contributed by atoms with Crippen molar-refractivity contribution >= 4 is 16.5 Å². The van der Waals surface area contributed by atoms with Gasteiger partial charge in [-0.2, -0.15) is 0 Å². The maximum atomic E-state index is 4.70. The number of hydrogen-bond acceptors (Lipinski definition) is 3. The monoisotopic (exact) mass is 210 g/mol. The molecule has 1 aromatic rings. The Labute approximate surface area is 89.8 Å². The Morgan fingerprint density at radius 1 is 1.50 bits per heavy atom. The first-order chi connectivity index (χ1) is 6.63. The molecular weight excluding hydrogens is 192 g/mol. The van der Waals surface area contributed by atoms with E-state index in [2.05, 4.69) is 26.1 Å². The lowest BCUT2D eigenvalue weighted by molar-refractivity contribution is 0.424. The highest BCUT2D eigenvalue weighted by molar-refractivity contribution is 7.15. The van der Waals surface area contributed by atoms with Crippen LogP contribution in [0.1, 0.15) is 44.2 Å². The van der Waals surface area contributed by atoms with Crippen molar-refractivity contribution in [3.05, 3.63) is 10.6 Å². The van der Waals surface area contributed by atoms with Crippen LogP contribution < -0.4 is 5.32 Å². The summed E-state index contributed by atoms with van der Waals surface area (Å²) in [6, 6.07) is 0. The molecule has 0 aliphatic heterocycles. The number of nitrogens with one attached hydrogen (secondary N) is 1. The van der Waals surface area contributed by atoms with Gasteiger partial charge in [-0.3, -0.25) is 0 Å². The Bertz CT molecular complexity index is 328. The Hall–Kier alpha value is -0.570. The smallest absolute Gasteiger partial charge is 0.183 e. The molecule has 1 aliphatic carbocycles. The van der Waals surface area contributed by atoms with Gasteiger partial charge in [-0.1, -0.05) is 13.8 Å². The fourth-order valence-electron chi connectivity index (χ4n) is 2.09.